The lowest BCUT2D eigenvalue weighted by Crippen LogP contribution is -2.30. The molecule has 0 aromatic heterocycles. The molecule has 0 heterocycles. The minimum atomic E-state index is -0.118. The number of hydrogen-bond donors (Lipinski definition) is 0. The van der Waals surface area contributed by atoms with Crippen LogP contribution in [-0.4, -0.2) is 5.78 Å². The van der Waals surface area contributed by atoms with Crippen molar-refractivity contribution < 1.29 is 4.79 Å². The molecular formula is C23H22N6O. The van der Waals surface area contributed by atoms with Gasteiger partial charge in [0.2, 0.25) is 0 Å². The van der Waals surface area contributed by atoms with E-state index in [0.717, 1.165) is 24.0 Å². The molecule has 2 unspecified atom stereocenters. The lowest BCUT2D eigenvalue weighted by molar-refractivity contribution is -0.126. The van der Waals surface area contributed by atoms with Gasteiger partial charge in [-0.25, -0.2) is 0 Å². The number of ketones is 1. The van der Waals surface area contributed by atoms with Gasteiger partial charge in [-0.05, 0) is 40.9 Å². The van der Waals surface area contributed by atoms with Crippen LogP contribution in [0.25, 0.3) is 33.0 Å². The van der Waals surface area contributed by atoms with Crippen molar-refractivity contribution in [2.24, 2.45) is 28.0 Å². The normalized spacial score (nSPS) is 21.4. The molecule has 1 aliphatic carbocycles. The molecule has 2 aromatic rings. The Balaban J connectivity index is 1.69. The molecule has 1 saturated carbocycles. The second kappa shape index (κ2) is 10.1. The number of carbonyl (C=O) groups is 1. The van der Waals surface area contributed by atoms with Gasteiger partial charge < -0.3 is 0 Å². The van der Waals surface area contributed by atoms with Gasteiger partial charge in [-0.1, -0.05) is 90.0 Å². The number of allylic oxidation sites excluding steroid dienone is 2. The summed E-state index contributed by atoms with van der Waals surface area (Å²) >= 11 is 0. The Labute approximate surface area is 175 Å². The summed E-state index contributed by atoms with van der Waals surface area (Å²) in [6.45, 7) is 2.18. The van der Waals surface area contributed by atoms with Gasteiger partial charge in [0.05, 0.1) is 0 Å². The van der Waals surface area contributed by atoms with Crippen molar-refractivity contribution >= 4 is 29.3 Å². The molecule has 0 bridgehead atoms. The molecule has 2 aromatic carbocycles. The number of carbonyl (C=O) groups excluding carboxylic acids is 1. The van der Waals surface area contributed by atoms with Crippen LogP contribution in [0.2, 0.25) is 0 Å². The number of benzene rings is 2. The molecule has 0 aliphatic heterocycles. The summed E-state index contributed by atoms with van der Waals surface area (Å²) in [6, 6.07) is 14.5. The number of Topliss-reactive ketones (excluding diaryl/α,β-unsaturated/α-hetero) is 1. The number of rotatable bonds is 6. The minimum absolute atomic E-state index is 0.118. The molecule has 3 rings (SSSR count). The largest absolute Gasteiger partial charge is 0.298 e. The van der Waals surface area contributed by atoms with Crippen LogP contribution in [0, 0.1) is 17.8 Å². The summed E-state index contributed by atoms with van der Waals surface area (Å²) < 4.78 is 0. The molecule has 2 atom stereocenters. The van der Waals surface area contributed by atoms with Crippen molar-refractivity contribution in [1.29, 1.82) is 0 Å². The highest BCUT2D eigenvalue weighted by molar-refractivity contribution is 5.88. The van der Waals surface area contributed by atoms with E-state index in [4.69, 9.17) is 11.1 Å². The Morgan fingerprint density at radius 2 is 1.20 bits per heavy atom. The van der Waals surface area contributed by atoms with Crippen LogP contribution in [0.5, 0.6) is 0 Å². The molecule has 1 aliphatic rings. The fourth-order valence-corrected chi connectivity index (χ4v) is 3.68. The van der Waals surface area contributed by atoms with Gasteiger partial charge in [0.25, 0.3) is 0 Å². The van der Waals surface area contributed by atoms with Gasteiger partial charge in [-0.3, -0.25) is 4.79 Å². The third-order valence-corrected chi connectivity index (χ3v) is 5.19. The van der Waals surface area contributed by atoms with Crippen molar-refractivity contribution in [2.75, 3.05) is 0 Å². The molecular weight excluding hydrogens is 376 g/mol. The maximum absolute atomic E-state index is 13.0. The summed E-state index contributed by atoms with van der Waals surface area (Å²) in [5.41, 5.74) is 20.0. The third kappa shape index (κ3) is 5.61. The van der Waals surface area contributed by atoms with Gasteiger partial charge in [0, 0.05) is 33.0 Å². The Morgan fingerprint density at radius 1 is 0.800 bits per heavy atom. The monoisotopic (exact) mass is 398 g/mol. The summed E-state index contributed by atoms with van der Waals surface area (Å²) in [5, 5.41) is 7.13. The van der Waals surface area contributed by atoms with Crippen LogP contribution in [0.1, 0.15) is 30.9 Å². The molecule has 1 fully saturated rings. The molecule has 0 N–H and O–H groups in total. The molecule has 0 saturated heterocycles. The zero-order valence-corrected chi connectivity index (χ0v) is 16.7. The van der Waals surface area contributed by atoms with E-state index in [0.29, 0.717) is 17.3 Å². The summed E-state index contributed by atoms with van der Waals surface area (Å²) in [5.74, 6) is 0.448. The minimum Gasteiger partial charge on any atom is -0.298 e. The van der Waals surface area contributed by atoms with E-state index in [1.807, 2.05) is 48.6 Å². The van der Waals surface area contributed by atoms with E-state index in [-0.39, 0.29) is 17.6 Å². The van der Waals surface area contributed by atoms with Crippen LogP contribution in [0.4, 0.5) is 11.4 Å². The Bertz CT molecular complexity index is 959. The topological polar surface area (TPSA) is 115 Å². The lowest BCUT2D eigenvalue weighted by Gasteiger charge is -2.29. The summed E-state index contributed by atoms with van der Waals surface area (Å²) in [6.07, 6.45) is 9.56. The van der Waals surface area contributed by atoms with E-state index in [1.165, 1.54) is 0 Å². The average molecular weight is 398 g/mol. The number of nitrogens with zero attached hydrogens (tertiary/aromatic N) is 6. The molecule has 7 heteroatoms. The van der Waals surface area contributed by atoms with Crippen molar-refractivity contribution in [3.8, 4) is 0 Å². The van der Waals surface area contributed by atoms with Crippen LogP contribution < -0.4 is 0 Å². The first-order chi connectivity index (χ1) is 14.6. The highest BCUT2D eigenvalue weighted by Crippen LogP contribution is 2.33. The third-order valence-electron chi connectivity index (χ3n) is 5.19. The predicted molar refractivity (Wildman–Crippen MR) is 119 cm³/mol. The Morgan fingerprint density at radius 3 is 1.57 bits per heavy atom. The second-order valence-corrected chi connectivity index (χ2v) is 7.47. The van der Waals surface area contributed by atoms with E-state index < -0.39 is 0 Å². The molecule has 30 heavy (non-hydrogen) atoms. The fraction of sp³-hybridized carbons (Fsp3) is 0.261. The smallest absolute Gasteiger partial charge is 0.146 e. The Kier molecular flexibility index (Phi) is 7.06. The van der Waals surface area contributed by atoms with E-state index in [1.54, 1.807) is 24.3 Å². The van der Waals surface area contributed by atoms with Crippen molar-refractivity contribution in [1.82, 2.24) is 0 Å². The highest BCUT2D eigenvalue weighted by atomic mass is 16.1. The average Bonchev–Trinajstić information content (AvgIpc) is 2.75. The van der Waals surface area contributed by atoms with Gasteiger partial charge in [0.15, 0.2) is 0 Å². The van der Waals surface area contributed by atoms with Crippen LogP contribution in [0.15, 0.2) is 70.9 Å². The number of hydrogen-bond acceptors (Lipinski definition) is 3. The molecule has 7 nitrogen and oxygen atoms in total. The van der Waals surface area contributed by atoms with Crippen LogP contribution in [-0.2, 0) is 4.79 Å². The van der Waals surface area contributed by atoms with Gasteiger partial charge in [-0.15, -0.1) is 0 Å². The van der Waals surface area contributed by atoms with Gasteiger partial charge in [-0.2, -0.15) is 0 Å². The summed E-state index contributed by atoms with van der Waals surface area (Å²) in [4.78, 5) is 18.5. The molecule has 150 valence electrons. The maximum Gasteiger partial charge on any atom is 0.146 e. The predicted octanol–water partition coefficient (Wildman–Crippen LogP) is 7.53. The Hall–Kier alpha value is -3.79. The van der Waals surface area contributed by atoms with Gasteiger partial charge >= 0.3 is 0 Å². The quantitative estimate of drug-likeness (QED) is 0.279. The first kappa shape index (κ1) is 20.9. The first-order valence-electron chi connectivity index (χ1n) is 9.79. The molecule has 0 spiro atoms. The SMILES string of the molecule is CC1CC(C=Cc2ccc(N=[N+]=[N-])cc2)C(=O)C(C=Cc2ccc(N=[N+]=[N-])cc2)C1. The van der Waals surface area contributed by atoms with E-state index in [9.17, 15) is 4.79 Å². The van der Waals surface area contributed by atoms with E-state index >= 15 is 0 Å². The van der Waals surface area contributed by atoms with Crippen molar-refractivity contribution in [2.45, 2.75) is 19.8 Å². The number of azide groups is 2. The molecule has 0 amide bonds. The van der Waals surface area contributed by atoms with Crippen molar-refractivity contribution in [3.63, 3.8) is 0 Å². The van der Waals surface area contributed by atoms with E-state index in [2.05, 4.69) is 27.0 Å². The highest BCUT2D eigenvalue weighted by Gasteiger charge is 2.31. The standard InChI is InChI=1S/C23H22N6O/c1-16-14-19(8-2-17-4-10-21(11-5-17)26-28-24)23(30)20(15-16)9-3-18-6-12-22(13-7-18)27-29-25/h2-13,16,19-20H,14-15H2,1H3. The van der Waals surface area contributed by atoms with Crippen LogP contribution in [0.3, 0.4) is 0 Å². The molecule has 0 radical (unpaired) electrons. The lowest BCUT2D eigenvalue weighted by atomic mass is 9.74. The fourth-order valence-electron chi connectivity index (χ4n) is 3.68. The van der Waals surface area contributed by atoms with Crippen LogP contribution >= 0.6 is 0 Å². The first-order valence-corrected chi connectivity index (χ1v) is 9.79. The zero-order valence-electron chi connectivity index (χ0n) is 16.7. The maximum atomic E-state index is 13.0. The second-order valence-electron chi connectivity index (χ2n) is 7.47. The summed E-state index contributed by atoms with van der Waals surface area (Å²) in [7, 11) is 0. The zero-order chi connectivity index (χ0) is 21.3. The van der Waals surface area contributed by atoms with Gasteiger partial charge in [0.1, 0.15) is 5.78 Å². The van der Waals surface area contributed by atoms with Crippen molar-refractivity contribution in [3.05, 3.63) is 92.7 Å².